The number of para-hydroxylation sites is 1. The molecule has 1 atom stereocenters. The van der Waals surface area contributed by atoms with Gasteiger partial charge in [-0.3, -0.25) is 0 Å². The van der Waals surface area contributed by atoms with Crippen molar-refractivity contribution >= 4 is 22.7 Å². The Bertz CT molecular complexity index is 1330. The van der Waals surface area contributed by atoms with Crippen LogP contribution < -0.4 is 4.90 Å². The summed E-state index contributed by atoms with van der Waals surface area (Å²) in [6.07, 6.45) is 0.555. The van der Waals surface area contributed by atoms with E-state index in [2.05, 4.69) is 28.9 Å². The number of benzene rings is 2. The number of hydrogen-bond acceptors (Lipinski definition) is 5. The number of halogens is 3. The first-order valence-corrected chi connectivity index (χ1v) is 14.0. The van der Waals surface area contributed by atoms with Crippen molar-refractivity contribution in [3.63, 3.8) is 0 Å². The van der Waals surface area contributed by atoms with Crippen molar-refractivity contribution in [3.05, 3.63) is 70.8 Å². The zero-order valence-electron chi connectivity index (χ0n) is 23.0. The van der Waals surface area contributed by atoms with Crippen molar-refractivity contribution in [1.82, 2.24) is 9.88 Å². The van der Waals surface area contributed by atoms with Gasteiger partial charge >= 0.3 is 6.18 Å². The highest BCUT2D eigenvalue weighted by atomic mass is 19.4. The Labute approximate surface area is 228 Å². The Hall–Kier alpha value is -3.29. The molecule has 1 fully saturated rings. The molecule has 2 heterocycles. The van der Waals surface area contributed by atoms with Crippen LogP contribution in [0.2, 0.25) is 0 Å². The van der Waals surface area contributed by atoms with Crippen LogP contribution in [0.25, 0.3) is 10.9 Å². The van der Waals surface area contributed by atoms with E-state index >= 15 is 0 Å². The summed E-state index contributed by atoms with van der Waals surface area (Å²) in [5.74, 6) is 1.58. The van der Waals surface area contributed by atoms with Gasteiger partial charge in [-0.1, -0.05) is 42.7 Å². The van der Waals surface area contributed by atoms with Crippen molar-refractivity contribution < 1.29 is 17.9 Å². The van der Waals surface area contributed by atoms with E-state index in [1.54, 1.807) is 13.0 Å². The van der Waals surface area contributed by atoms with E-state index in [-0.39, 0.29) is 12.6 Å². The molecule has 0 bridgehead atoms. The van der Waals surface area contributed by atoms with E-state index < -0.39 is 11.7 Å². The summed E-state index contributed by atoms with van der Waals surface area (Å²) < 4.78 is 46.9. The van der Waals surface area contributed by atoms with Crippen LogP contribution in [0.4, 0.5) is 19.0 Å². The van der Waals surface area contributed by atoms with Gasteiger partial charge in [0.05, 0.1) is 24.2 Å². The lowest BCUT2D eigenvalue weighted by Crippen LogP contribution is -2.34. The van der Waals surface area contributed by atoms with E-state index in [9.17, 15) is 13.2 Å². The third-order valence-electron chi connectivity index (χ3n) is 7.67. The van der Waals surface area contributed by atoms with Gasteiger partial charge in [-0.05, 0) is 69.4 Å². The lowest BCUT2D eigenvalue weighted by molar-refractivity contribution is -0.137. The molecule has 0 saturated heterocycles. The van der Waals surface area contributed by atoms with Gasteiger partial charge in [-0.2, -0.15) is 13.2 Å². The number of anilines is 1. The molecule has 2 aromatic carbocycles. The quantitative estimate of drug-likeness (QED) is 0.301. The maximum atomic E-state index is 13.6. The molecule has 2 aliphatic rings. The maximum absolute atomic E-state index is 13.6. The third kappa shape index (κ3) is 6.48. The lowest BCUT2D eigenvalue weighted by atomic mass is 10.0. The monoisotopic (exact) mass is 538 g/mol. The molecular weight excluding hydrogens is 501 g/mol. The molecule has 5 nitrogen and oxygen atoms in total. The van der Waals surface area contributed by atoms with Crippen LogP contribution in [-0.4, -0.2) is 41.6 Å². The van der Waals surface area contributed by atoms with Gasteiger partial charge in [0.1, 0.15) is 11.9 Å². The molecule has 1 aromatic heterocycles. The molecule has 208 valence electrons. The van der Waals surface area contributed by atoms with E-state index in [0.717, 1.165) is 35.4 Å². The average molecular weight is 539 g/mol. The molecule has 5 rings (SSSR count). The highest BCUT2D eigenvalue weighted by Crippen LogP contribution is 2.33. The second kappa shape index (κ2) is 11.4. The van der Waals surface area contributed by atoms with Crippen LogP contribution in [0, 0.1) is 12.8 Å². The summed E-state index contributed by atoms with van der Waals surface area (Å²) in [6, 6.07) is 14.9. The Morgan fingerprint density at radius 2 is 1.77 bits per heavy atom. The Kier molecular flexibility index (Phi) is 8.01. The summed E-state index contributed by atoms with van der Waals surface area (Å²) in [6.45, 7) is 8.79. The van der Waals surface area contributed by atoms with Crippen molar-refractivity contribution in [2.45, 2.75) is 71.8 Å². The van der Waals surface area contributed by atoms with Crippen molar-refractivity contribution in [1.29, 1.82) is 0 Å². The molecule has 1 unspecified atom stereocenters. The Morgan fingerprint density at radius 3 is 2.46 bits per heavy atom. The van der Waals surface area contributed by atoms with Crippen LogP contribution >= 0.6 is 0 Å². The van der Waals surface area contributed by atoms with Gasteiger partial charge < -0.3 is 14.5 Å². The smallest absolute Gasteiger partial charge is 0.416 e. The number of aliphatic imine (C=N–C) groups is 1. The molecule has 1 saturated carbocycles. The van der Waals surface area contributed by atoms with Crippen LogP contribution in [0.1, 0.15) is 61.8 Å². The number of aryl methyl sites for hydroxylation is 1. The molecule has 1 aliphatic heterocycles. The minimum atomic E-state index is -4.40. The van der Waals surface area contributed by atoms with Gasteiger partial charge in [0.25, 0.3) is 6.02 Å². The number of hydrogen-bond donors (Lipinski definition) is 0. The second-order valence-electron chi connectivity index (χ2n) is 11.0. The molecule has 0 N–H and O–H groups in total. The van der Waals surface area contributed by atoms with Crippen LogP contribution in [0.15, 0.2) is 53.5 Å². The van der Waals surface area contributed by atoms with E-state index in [1.165, 1.54) is 37.8 Å². The van der Waals surface area contributed by atoms with Crippen molar-refractivity contribution in [2.75, 3.05) is 24.5 Å². The van der Waals surface area contributed by atoms with Gasteiger partial charge in [0, 0.05) is 30.6 Å². The summed E-state index contributed by atoms with van der Waals surface area (Å²) >= 11 is 0. The zero-order valence-corrected chi connectivity index (χ0v) is 23.0. The standard InChI is InChI=1S/C31H37F3N4O/c1-4-37(18-23-9-5-6-10-23)29-26(16-25-11-7-8-12-28(25)36-29)20-38(30-35-17-22(3)39-30)19-24-13-21(2)14-27(15-24)31(32,33)34/h7-8,11-16,22-23H,4-6,9-10,17-20H2,1-3H3. The van der Waals surface area contributed by atoms with Gasteiger partial charge in [0.15, 0.2) is 0 Å². The summed E-state index contributed by atoms with van der Waals surface area (Å²) in [5.41, 5.74) is 2.46. The number of rotatable bonds is 8. The van der Waals surface area contributed by atoms with Crippen molar-refractivity contribution in [3.8, 4) is 0 Å². The first kappa shape index (κ1) is 27.3. The highest BCUT2D eigenvalue weighted by molar-refractivity contribution is 5.82. The second-order valence-corrected chi connectivity index (χ2v) is 11.0. The highest BCUT2D eigenvalue weighted by Gasteiger charge is 2.32. The number of ether oxygens (including phenoxy) is 1. The average Bonchev–Trinajstić information content (AvgIpc) is 3.57. The summed E-state index contributed by atoms with van der Waals surface area (Å²) in [4.78, 5) is 14.0. The number of amidine groups is 1. The SMILES string of the molecule is CCN(CC1CCCC1)c1nc2ccccc2cc1CN(Cc1cc(C)cc(C(F)(F)F)c1)C1=NCC(C)O1. The predicted molar refractivity (Wildman–Crippen MR) is 150 cm³/mol. The first-order chi connectivity index (χ1) is 18.7. The topological polar surface area (TPSA) is 41.0 Å². The predicted octanol–water partition coefficient (Wildman–Crippen LogP) is 7.36. The molecule has 1 aliphatic carbocycles. The summed E-state index contributed by atoms with van der Waals surface area (Å²) in [7, 11) is 0. The molecule has 8 heteroatoms. The van der Waals surface area contributed by atoms with Crippen molar-refractivity contribution in [2.24, 2.45) is 10.9 Å². The molecule has 0 spiro atoms. The van der Waals surface area contributed by atoms with E-state index in [0.29, 0.717) is 36.2 Å². The normalized spacial score (nSPS) is 17.9. The first-order valence-electron chi connectivity index (χ1n) is 14.0. The fraction of sp³-hybridized carbons (Fsp3) is 0.484. The fourth-order valence-corrected chi connectivity index (χ4v) is 5.78. The molecule has 39 heavy (non-hydrogen) atoms. The third-order valence-corrected chi connectivity index (χ3v) is 7.67. The number of nitrogens with zero attached hydrogens (tertiary/aromatic N) is 4. The zero-order chi connectivity index (χ0) is 27.6. The van der Waals surface area contributed by atoms with Crippen LogP contribution in [0.3, 0.4) is 0 Å². The lowest BCUT2D eigenvalue weighted by Gasteiger charge is -2.30. The van der Waals surface area contributed by atoms with E-state index in [1.807, 2.05) is 30.0 Å². The minimum Gasteiger partial charge on any atom is -0.460 e. The van der Waals surface area contributed by atoms with Gasteiger partial charge in [-0.25, -0.2) is 9.98 Å². The van der Waals surface area contributed by atoms with Crippen LogP contribution in [-0.2, 0) is 24.0 Å². The summed E-state index contributed by atoms with van der Waals surface area (Å²) in [5, 5.41) is 1.03. The number of alkyl halides is 3. The number of fused-ring (bicyclic) bond motifs is 1. The maximum Gasteiger partial charge on any atom is 0.416 e. The van der Waals surface area contributed by atoms with E-state index in [4.69, 9.17) is 9.72 Å². The van der Waals surface area contributed by atoms with Crippen LogP contribution in [0.5, 0.6) is 0 Å². The minimum absolute atomic E-state index is 0.0746. The largest absolute Gasteiger partial charge is 0.460 e. The number of aromatic nitrogens is 1. The number of pyridine rings is 1. The van der Waals surface area contributed by atoms with Gasteiger partial charge in [-0.15, -0.1) is 0 Å². The molecule has 3 aromatic rings. The molecule has 0 amide bonds. The Balaban J connectivity index is 1.53. The Morgan fingerprint density at radius 1 is 1.00 bits per heavy atom. The van der Waals surface area contributed by atoms with Gasteiger partial charge in [0.2, 0.25) is 0 Å². The molecular formula is C31H37F3N4O. The fourth-order valence-electron chi connectivity index (χ4n) is 5.78. The molecule has 0 radical (unpaired) electrons.